The van der Waals surface area contributed by atoms with Gasteiger partial charge in [0.2, 0.25) is 10.0 Å². The fourth-order valence-electron chi connectivity index (χ4n) is 3.20. The lowest BCUT2D eigenvalue weighted by Gasteiger charge is -2.16. The first-order valence-electron chi connectivity index (χ1n) is 8.75. The number of hydrogen-bond acceptors (Lipinski definition) is 5. The second kappa shape index (κ2) is 7.05. The van der Waals surface area contributed by atoms with Crippen molar-refractivity contribution >= 4 is 21.5 Å². The molecular weight excluding hydrogens is 350 g/mol. The van der Waals surface area contributed by atoms with Gasteiger partial charge in [-0.25, -0.2) is 17.7 Å². The van der Waals surface area contributed by atoms with Crippen molar-refractivity contribution in [3.05, 3.63) is 48.7 Å². The van der Waals surface area contributed by atoms with Crippen LogP contribution >= 0.6 is 0 Å². The number of rotatable bonds is 6. The Labute approximate surface area is 152 Å². The third kappa shape index (κ3) is 3.42. The Morgan fingerprint density at radius 2 is 1.85 bits per heavy atom. The molecular formula is C18H21N5O2S. The number of anilines is 1. The first kappa shape index (κ1) is 17.0. The van der Waals surface area contributed by atoms with E-state index in [1.54, 1.807) is 15.0 Å². The van der Waals surface area contributed by atoms with Crippen LogP contribution in [0, 0.1) is 0 Å². The predicted molar refractivity (Wildman–Crippen MR) is 102 cm³/mol. The number of aromatic nitrogens is 3. The molecule has 1 saturated heterocycles. The first-order chi connectivity index (χ1) is 12.6. The normalized spacial score (nSPS) is 15.5. The maximum Gasteiger partial charge on any atom is 0.215 e. The molecule has 3 aromatic rings. The van der Waals surface area contributed by atoms with Crippen molar-refractivity contribution in [3.63, 3.8) is 0 Å². The van der Waals surface area contributed by atoms with Gasteiger partial charge in [-0.1, -0.05) is 30.3 Å². The van der Waals surface area contributed by atoms with E-state index in [0.29, 0.717) is 19.6 Å². The Kier molecular flexibility index (Phi) is 4.60. The van der Waals surface area contributed by atoms with Gasteiger partial charge in [-0.15, -0.1) is 0 Å². The zero-order valence-electron chi connectivity index (χ0n) is 14.4. The number of nitrogens with zero attached hydrogens (tertiary/aromatic N) is 4. The lowest BCUT2D eigenvalue weighted by atomic mass is 10.1. The van der Waals surface area contributed by atoms with Gasteiger partial charge in [0.15, 0.2) is 5.65 Å². The van der Waals surface area contributed by atoms with E-state index in [0.717, 1.165) is 35.6 Å². The van der Waals surface area contributed by atoms with Gasteiger partial charge in [0.05, 0.1) is 17.6 Å². The molecule has 0 spiro atoms. The Hall–Kier alpha value is -2.45. The van der Waals surface area contributed by atoms with E-state index in [-0.39, 0.29) is 5.75 Å². The molecule has 1 fully saturated rings. The van der Waals surface area contributed by atoms with Crippen LogP contribution in [0.5, 0.6) is 0 Å². The van der Waals surface area contributed by atoms with Gasteiger partial charge >= 0.3 is 0 Å². The highest BCUT2D eigenvalue weighted by Gasteiger charge is 2.24. The molecule has 1 aromatic carbocycles. The minimum absolute atomic E-state index is 0.0682. The van der Waals surface area contributed by atoms with Crippen LogP contribution in [0.15, 0.2) is 48.7 Å². The molecule has 1 aliphatic rings. The zero-order valence-corrected chi connectivity index (χ0v) is 15.2. The van der Waals surface area contributed by atoms with Gasteiger partial charge in [0.1, 0.15) is 5.82 Å². The van der Waals surface area contributed by atoms with Crippen molar-refractivity contribution in [2.24, 2.45) is 0 Å². The molecule has 0 aliphatic carbocycles. The Bertz CT molecular complexity index is 995. The van der Waals surface area contributed by atoms with Crippen LogP contribution in [-0.2, 0) is 10.0 Å². The topological polar surface area (TPSA) is 79.6 Å². The molecule has 0 bridgehead atoms. The summed E-state index contributed by atoms with van der Waals surface area (Å²) in [6.07, 6.45) is 3.58. The molecule has 2 aromatic heterocycles. The maximum absolute atomic E-state index is 12.4. The summed E-state index contributed by atoms with van der Waals surface area (Å²) in [6, 6.07) is 13.6. The molecule has 4 rings (SSSR count). The van der Waals surface area contributed by atoms with E-state index in [4.69, 9.17) is 0 Å². The Balaban J connectivity index is 1.55. The molecule has 0 unspecified atom stereocenters. The fourth-order valence-corrected chi connectivity index (χ4v) is 4.63. The summed E-state index contributed by atoms with van der Waals surface area (Å²) in [5, 5.41) is 7.50. The van der Waals surface area contributed by atoms with Crippen molar-refractivity contribution in [2.45, 2.75) is 12.8 Å². The van der Waals surface area contributed by atoms with Gasteiger partial charge < -0.3 is 5.32 Å². The molecule has 7 nitrogen and oxygen atoms in total. The quantitative estimate of drug-likeness (QED) is 0.719. The Morgan fingerprint density at radius 1 is 1.08 bits per heavy atom. The largest absolute Gasteiger partial charge is 0.369 e. The van der Waals surface area contributed by atoms with Gasteiger partial charge in [0.25, 0.3) is 0 Å². The third-order valence-electron chi connectivity index (χ3n) is 4.55. The second-order valence-corrected chi connectivity index (χ2v) is 8.43. The first-order valence-corrected chi connectivity index (χ1v) is 10.4. The van der Waals surface area contributed by atoms with Gasteiger partial charge in [-0.3, -0.25) is 0 Å². The monoisotopic (exact) mass is 371 g/mol. The summed E-state index contributed by atoms with van der Waals surface area (Å²) in [7, 11) is -3.21. The van der Waals surface area contributed by atoms with Crippen LogP contribution in [0.25, 0.3) is 16.9 Å². The van der Waals surface area contributed by atoms with E-state index in [2.05, 4.69) is 15.4 Å². The van der Waals surface area contributed by atoms with E-state index < -0.39 is 10.0 Å². The SMILES string of the molecule is O=S(=O)(CCNc1cc(-c2ccccc2)nc2ccnn12)N1CCCC1. The highest BCUT2D eigenvalue weighted by molar-refractivity contribution is 7.89. The average molecular weight is 371 g/mol. The Morgan fingerprint density at radius 3 is 2.62 bits per heavy atom. The molecule has 0 radical (unpaired) electrons. The standard InChI is InChI=1S/C18H21N5O2S/c24-26(25,22-11-4-5-12-22)13-10-19-18-14-16(15-6-2-1-3-7-15)21-17-8-9-20-23(17)18/h1-3,6-9,14,19H,4-5,10-13H2. The minimum Gasteiger partial charge on any atom is -0.369 e. The molecule has 26 heavy (non-hydrogen) atoms. The molecule has 0 amide bonds. The van der Waals surface area contributed by atoms with E-state index in [1.807, 2.05) is 42.5 Å². The minimum atomic E-state index is -3.21. The second-order valence-electron chi connectivity index (χ2n) is 6.34. The number of fused-ring (bicyclic) bond motifs is 1. The highest BCUT2D eigenvalue weighted by Crippen LogP contribution is 2.22. The van der Waals surface area contributed by atoms with Crippen LogP contribution < -0.4 is 5.32 Å². The smallest absolute Gasteiger partial charge is 0.215 e. The van der Waals surface area contributed by atoms with Crippen LogP contribution in [0.2, 0.25) is 0 Å². The molecule has 1 N–H and O–H groups in total. The average Bonchev–Trinajstić information content (AvgIpc) is 3.34. The summed E-state index contributed by atoms with van der Waals surface area (Å²) >= 11 is 0. The molecule has 0 atom stereocenters. The van der Waals surface area contributed by atoms with Crippen molar-refractivity contribution in [1.82, 2.24) is 18.9 Å². The van der Waals surface area contributed by atoms with Gasteiger partial charge in [0, 0.05) is 37.3 Å². The molecule has 8 heteroatoms. The predicted octanol–water partition coefficient (Wildman–Crippen LogP) is 2.23. The molecule has 136 valence electrons. The number of hydrogen-bond donors (Lipinski definition) is 1. The summed E-state index contributed by atoms with van der Waals surface area (Å²) in [5.41, 5.74) is 2.55. The third-order valence-corrected chi connectivity index (χ3v) is 6.43. The number of benzene rings is 1. The van der Waals surface area contributed by atoms with Crippen LogP contribution in [0.1, 0.15) is 12.8 Å². The van der Waals surface area contributed by atoms with Gasteiger partial charge in [-0.2, -0.15) is 9.61 Å². The maximum atomic E-state index is 12.4. The van der Waals surface area contributed by atoms with E-state index in [1.165, 1.54) is 0 Å². The fraction of sp³-hybridized carbons (Fsp3) is 0.333. The lowest BCUT2D eigenvalue weighted by Crippen LogP contribution is -2.32. The van der Waals surface area contributed by atoms with Crippen molar-refractivity contribution in [1.29, 1.82) is 0 Å². The van der Waals surface area contributed by atoms with Crippen molar-refractivity contribution in [3.8, 4) is 11.3 Å². The lowest BCUT2D eigenvalue weighted by molar-refractivity contribution is 0.478. The summed E-state index contributed by atoms with van der Waals surface area (Å²) in [5.74, 6) is 0.800. The van der Waals surface area contributed by atoms with E-state index in [9.17, 15) is 8.42 Å². The van der Waals surface area contributed by atoms with Crippen LogP contribution in [0.3, 0.4) is 0 Å². The van der Waals surface area contributed by atoms with Gasteiger partial charge in [-0.05, 0) is 12.8 Å². The van der Waals surface area contributed by atoms with Crippen LogP contribution in [-0.4, -0.2) is 52.7 Å². The molecule has 3 heterocycles. The highest BCUT2D eigenvalue weighted by atomic mass is 32.2. The van der Waals surface area contributed by atoms with E-state index >= 15 is 0 Å². The summed E-state index contributed by atoms with van der Waals surface area (Å²) in [6.45, 7) is 1.60. The molecule has 1 aliphatic heterocycles. The number of sulfonamides is 1. The van der Waals surface area contributed by atoms with Crippen molar-refractivity contribution < 1.29 is 8.42 Å². The van der Waals surface area contributed by atoms with Crippen molar-refractivity contribution in [2.75, 3.05) is 30.7 Å². The zero-order chi connectivity index (χ0) is 18.0. The number of nitrogens with one attached hydrogen (secondary N) is 1. The van der Waals surface area contributed by atoms with Crippen LogP contribution in [0.4, 0.5) is 5.82 Å². The summed E-state index contributed by atoms with van der Waals surface area (Å²) in [4.78, 5) is 4.62. The molecule has 0 saturated carbocycles. The summed E-state index contributed by atoms with van der Waals surface area (Å²) < 4.78 is 28.0.